The minimum atomic E-state index is -0.122. The van der Waals surface area contributed by atoms with Gasteiger partial charge in [-0.05, 0) is 54.8 Å². The van der Waals surface area contributed by atoms with E-state index in [1.807, 2.05) is 42.7 Å². The smallest absolute Gasteiger partial charge is 0.310 e. The van der Waals surface area contributed by atoms with E-state index in [2.05, 4.69) is 62.4 Å². The van der Waals surface area contributed by atoms with Crippen LogP contribution in [0.1, 0.15) is 25.0 Å². The fourth-order valence-electron chi connectivity index (χ4n) is 3.29. The van der Waals surface area contributed by atoms with Crippen LogP contribution < -0.4 is 0 Å². The number of carbonyl (C=O) groups is 1. The summed E-state index contributed by atoms with van der Waals surface area (Å²) in [6, 6.07) is 12.3. The van der Waals surface area contributed by atoms with Crippen LogP contribution in [0.5, 0.6) is 0 Å². The van der Waals surface area contributed by atoms with Crippen LogP contribution in [0.3, 0.4) is 0 Å². The molecule has 0 spiro atoms. The lowest BCUT2D eigenvalue weighted by Gasteiger charge is -2.05. The Hall–Kier alpha value is -1.33. The summed E-state index contributed by atoms with van der Waals surface area (Å²) in [4.78, 5) is 12.4. The molecule has 132 valence electrons. The molecule has 1 heterocycles. The van der Waals surface area contributed by atoms with E-state index in [1.54, 1.807) is 0 Å². The zero-order valence-electron chi connectivity index (χ0n) is 14.3. The number of ether oxygens (including phenoxy) is 1. The Balaban J connectivity index is 1.54. The van der Waals surface area contributed by atoms with Crippen LogP contribution in [0.25, 0.3) is 0 Å². The van der Waals surface area contributed by atoms with Crippen LogP contribution >= 0.6 is 31.9 Å². The average molecular weight is 467 g/mol. The predicted octanol–water partition coefficient (Wildman–Crippen LogP) is 5.48. The van der Waals surface area contributed by atoms with Crippen LogP contribution in [0, 0.1) is 17.3 Å². The molecule has 25 heavy (non-hydrogen) atoms. The van der Waals surface area contributed by atoms with Crippen LogP contribution in [-0.2, 0) is 22.7 Å². The minimum absolute atomic E-state index is 0.0525. The molecule has 3 nitrogen and oxygen atoms in total. The largest absolute Gasteiger partial charge is 0.461 e. The van der Waals surface area contributed by atoms with Gasteiger partial charge in [-0.25, -0.2) is 0 Å². The Morgan fingerprint density at radius 2 is 1.92 bits per heavy atom. The normalized spacial score (nSPS) is 20.8. The second-order valence-corrected chi connectivity index (χ2v) is 9.84. The van der Waals surface area contributed by atoms with Crippen molar-refractivity contribution in [1.29, 1.82) is 0 Å². The van der Waals surface area contributed by atoms with Gasteiger partial charge >= 0.3 is 5.97 Å². The number of rotatable bonds is 6. The van der Waals surface area contributed by atoms with Gasteiger partial charge in [0, 0.05) is 24.5 Å². The SMILES string of the molecule is CC1(C)C(C=C(Br)Br)C1C(=O)OCc1ccn(Cc2ccccc2)c1. The lowest BCUT2D eigenvalue weighted by molar-refractivity contribution is -0.147. The van der Waals surface area contributed by atoms with E-state index in [-0.39, 0.29) is 23.2 Å². The van der Waals surface area contributed by atoms with E-state index < -0.39 is 0 Å². The first-order valence-electron chi connectivity index (χ1n) is 8.26. The fourth-order valence-corrected chi connectivity index (χ4v) is 3.86. The molecule has 1 aromatic carbocycles. The van der Waals surface area contributed by atoms with Crippen molar-refractivity contribution in [2.24, 2.45) is 17.3 Å². The van der Waals surface area contributed by atoms with Crippen LogP contribution in [0.4, 0.5) is 0 Å². The molecular weight excluding hydrogens is 446 g/mol. The molecule has 2 aromatic rings. The molecule has 0 amide bonds. The summed E-state index contributed by atoms with van der Waals surface area (Å²) in [6.45, 7) is 5.33. The lowest BCUT2D eigenvalue weighted by Crippen LogP contribution is -2.10. The Morgan fingerprint density at radius 1 is 1.20 bits per heavy atom. The molecule has 1 aromatic heterocycles. The van der Waals surface area contributed by atoms with Crippen molar-refractivity contribution in [3.8, 4) is 0 Å². The molecule has 2 atom stereocenters. The molecule has 0 aliphatic heterocycles. The summed E-state index contributed by atoms with van der Waals surface area (Å²) in [6.07, 6.45) is 6.08. The van der Waals surface area contributed by atoms with Gasteiger partial charge in [-0.1, -0.05) is 50.3 Å². The summed E-state index contributed by atoms with van der Waals surface area (Å²) < 4.78 is 8.54. The second kappa shape index (κ2) is 7.50. The van der Waals surface area contributed by atoms with Crippen molar-refractivity contribution >= 4 is 37.8 Å². The third-order valence-corrected chi connectivity index (χ3v) is 5.40. The predicted molar refractivity (Wildman–Crippen MR) is 106 cm³/mol. The molecule has 1 saturated carbocycles. The maximum absolute atomic E-state index is 12.4. The highest BCUT2D eigenvalue weighted by Crippen LogP contribution is 2.60. The number of hydrogen-bond donors (Lipinski definition) is 0. The lowest BCUT2D eigenvalue weighted by atomic mass is 10.1. The van der Waals surface area contributed by atoms with Gasteiger partial charge < -0.3 is 9.30 Å². The summed E-state index contributed by atoms with van der Waals surface area (Å²) in [5.41, 5.74) is 2.20. The molecule has 0 saturated heterocycles. The third kappa shape index (κ3) is 4.45. The summed E-state index contributed by atoms with van der Waals surface area (Å²) in [7, 11) is 0. The molecule has 1 fully saturated rings. The van der Waals surface area contributed by atoms with Crippen LogP contribution in [-0.4, -0.2) is 10.5 Å². The van der Waals surface area contributed by atoms with Gasteiger partial charge in [0.05, 0.1) is 9.31 Å². The minimum Gasteiger partial charge on any atom is -0.461 e. The molecule has 1 aliphatic rings. The number of benzene rings is 1. The highest BCUT2D eigenvalue weighted by Gasteiger charge is 2.61. The van der Waals surface area contributed by atoms with E-state index in [9.17, 15) is 4.79 Å². The molecular formula is C20H21Br2NO2. The fraction of sp³-hybridized carbons (Fsp3) is 0.350. The van der Waals surface area contributed by atoms with Crippen molar-refractivity contribution in [1.82, 2.24) is 4.57 Å². The van der Waals surface area contributed by atoms with Gasteiger partial charge in [-0.3, -0.25) is 4.79 Å². The summed E-state index contributed by atoms with van der Waals surface area (Å²) >= 11 is 6.74. The van der Waals surface area contributed by atoms with Crippen molar-refractivity contribution < 1.29 is 9.53 Å². The first-order valence-corrected chi connectivity index (χ1v) is 9.84. The first-order chi connectivity index (χ1) is 11.9. The van der Waals surface area contributed by atoms with Gasteiger partial charge in [-0.2, -0.15) is 0 Å². The quantitative estimate of drug-likeness (QED) is 0.527. The zero-order chi connectivity index (χ0) is 18.0. The van der Waals surface area contributed by atoms with E-state index in [0.717, 1.165) is 15.5 Å². The van der Waals surface area contributed by atoms with Gasteiger partial charge in [0.25, 0.3) is 0 Å². The Labute approximate surface area is 165 Å². The number of carbonyl (C=O) groups excluding carboxylic acids is 1. The van der Waals surface area contributed by atoms with Crippen LogP contribution in [0.15, 0.2) is 58.3 Å². The molecule has 3 rings (SSSR count). The van der Waals surface area contributed by atoms with Crippen molar-refractivity contribution in [2.45, 2.75) is 27.0 Å². The highest BCUT2D eigenvalue weighted by molar-refractivity contribution is 9.28. The van der Waals surface area contributed by atoms with Crippen LogP contribution in [0.2, 0.25) is 0 Å². The molecule has 5 heteroatoms. The summed E-state index contributed by atoms with van der Waals surface area (Å²) in [5.74, 6) is 0.00347. The monoisotopic (exact) mass is 465 g/mol. The molecule has 1 aliphatic carbocycles. The Morgan fingerprint density at radius 3 is 2.60 bits per heavy atom. The van der Waals surface area contributed by atoms with Crippen molar-refractivity contribution in [2.75, 3.05) is 0 Å². The van der Waals surface area contributed by atoms with E-state index in [4.69, 9.17) is 4.74 Å². The van der Waals surface area contributed by atoms with E-state index >= 15 is 0 Å². The van der Waals surface area contributed by atoms with Gasteiger partial charge in [0.1, 0.15) is 6.61 Å². The van der Waals surface area contributed by atoms with Gasteiger partial charge in [0.2, 0.25) is 0 Å². The second-order valence-electron chi connectivity index (χ2n) is 7.07. The molecule has 0 radical (unpaired) electrons. The number of aromatic nitrogens is 1. The molecule has 0 N–H and O–H groups in total. The van der Waals surface area contributed by atoms with Gasteiger partial charge in [0.15, 0.2) is 0 Å². The number of hydrogen-bond acceptors (Lipinski definition) is 2. The standard InChI is InChI=1S/C20H21Br2NO2/c1-20(2)16(10-17(21)22)18(20)19(24)25-13-15-8-9-23(12-15)11-14-6-4-3-5-7-14/h3-10,12,16,18H,11,13H2,1-2H3. The maximum atomic E-state index is 12.4. The highest BCUT2D eigenvalue weighted by atomic mass is 79.9. The average Bonchev–Trinajstić information content (AvgIpc) is 2.90. The number of esters is 1. The number of nitrogens with zero attached hydrogens (tertiary/aromatic N) is 1. The summed E-state index contributed by atoms with van der Waals surface area (Å²) in [5, 5.41) is 0. The maximum Gasteiger partial charge on any atom is 0.310 e. The number of allylic oxidation sites excluding steroid dienone is 1. The van der Waals surface area contributed by atoms with E-state index in [0.29, 0.717) is 6.61 Å². The molecule has 0 bridgehead atoms. The molecule has 2 unspecified atom stereocenters. The van der Waals surface area contributed by atoms with Crippen molar-refractivity contribution in [3.63, 3.8) is 0 Å². The number of halogens is 2. The van der Waals surface area contributed by atoms with Crippen molar-refractivity contribution in [3.05, 3.63) is 69.4 Å². The van der Waals surface area contributed by atoms with Gasteiger partial charge in [-0.15, -0.1) is 0 Å². The first kappa shape index (κ1) is 18.5. The zero-order valence-corrected chi connectivity index (χ0v) is 17.5. The Kier molecular flexibility index (Phi) is 5.54. The van der Waals surface area contributed by atoms with E-state index in [1.165, 1.54) is 5.56 Å². The third-order valence-electron chi connectivity index (χ3n) is 4.87. The topological polar surface area (TPSA) is 31.2 Å². The Bertz CT molecular complexity index is 776.